The molecule has 1 aliphatic heterocycles. The van der Waals surface area contributed by atoms with Crippen LogP contribution in [0.1, 0.15) is 23.8 Å². The highest BCUT2D eigenvalue weighted by Gasteiger charge is 2.29. The molecular weight excluding hydrogens is 268 g/mol. The fraction of sp³-hybridized carbons (Fsp3) is 0.467. The molecular formula is C15H20N4O2. The van der Waals surface area contributed by atoms with Crippen LogP contribution in [-0.4, -0.2) is 58.1 Å². The summed E-state index contributed by atoms with van der Waals surface area (Å²) in [6.45, 7) is 4.70. The summed E-state index contributed by atoms with van der Waals surface area (Å²) in [5.41, 5.74) is 0.932. The van der Waals surface area contributed by atoms with E-state index in [1.807, 2.05) is 18.2 Å². The van der Waals surface area contributed by atoms with Crippen molar-refractivity contribution in [2.45, 2.75) is 19.4 Å². The van der Waals surface area contributed by atoms with Gasteiger partial charge in [-0.2, -0.15) is 0 Å². The number of carbonyl (C=O) groups is 1. The molecule has 0 spiro atoms. The Hall–Kier alpha value is -2.08. The largest absolute Gasteiger partial charge is 0.476 e. The molecule has 6 heteroatoms. The molecule has 21 heavy (non-hydrogen) atoms. The molecule has 6 nitrogen and oxygen atoms in total. The SMILES string of the molecule is CCC1CN(c2nc3ccccn3c2C(=O)O)CCN1C. The van der Waals surface area contributed by atoms with Crippen LogP contribution in [0.15, 0.2) is 24.4 Å². The van der Waals surface area contributed by atoms with Gasteiger partial charge < -0.3 is 10.0 Å². The number of aromatic nitrogens is 2. The van der Waals surface area contributed by atoms with Gasteiger partial charge in [0.1, 0.15) is 5.65 Å². The summed E-state index contributed by atoms with van der Waals surface area (Å²) in [5, 5.41) is 9.56. The molecule has 0 saturated carbocycles. The van der Waals surface area contributed by atoms with Crippen molar-refractivity contribution >= 4 is 17.4 Å². The van der Waals surface area contributed by atoms with E-state index >= 15 is 0 Å². The van der Waals surface area contributed by atoms with E-state index < -0.39 is 5.97 Å². The van der Waals surface area contributed by atoms with Crippen molar-refractivity contribution in [2.75, 3.05) is 31.6 Å². The van der Waals surface area contributed by atoms with Crippen LogP contribution < -0.4 is 4.90 Å². The van der Waals surface area contributed by atoms with Gasteiger partial charge in [-0.25, -0.2) is 9.78 Å². The Morgan fingerprint density at radius 3 is 2.95 bits per heavy atom. The molecule has 3 heterocycles. The molecule has 1 N–H and O–H groups in total. The number of rotatable bonds is 3. The van der Waals surface area contributed by atoms with Crippen molar-refractivity contribution < 1.29 is 9.90 Å². The molecule has 0 aromatic carbocycles. The van der Waals surface area contributed by atoms with Gasteiger partial charge in [0.05, 0.1) is 0 Å². The van der Waals surface area contributed by atoms with E-state index in [4.69, 9.17) is 0 Å². The molecule has 0 radical (unpaired) electrons. The van der Waals surface area contributed by atoms with E-state index in [1.165, 1.54) is 0 Å². The summed E-state index contributed by atoms with van der Waals surface area (Å²) >= 11 is 0. The topological polar surface area (TPSA) is 61.1 Å². The van der Waals surface area contributed by atoms with Gasteiger partial charge in [0.25, 0.3) is 0 Å². The number of pyridine rings is 1. The third-order valence-electron chi connectivity index (χ3n) is 4.26. The van der Waals surface area contributed by atoms with E-state index in [-0.39, 0.29) is 5.69 Å². The van der Waals surface area contributed by atoms with Crippen LogP contribution in [0, 0.1) is 0 Å². The smallest absolute Gasteiger partial charge is 0.356 e. The number of piperazine rings is 1. The third kappa shape index (κ3) is 2.35. The molecule has 0 aliphatic carbocycles. The zero-order chi connectivity index (χ0) is 15.0. The molecule has 3 rings (SSSR count). The number of fused-ring (bicyclic) bond motifs is 1. The van der Waals surface area contributed by atoms with E-state index in [1.54, 1.807) is 10.6 Å². The molecule has 112 valence electrons. The highest BCUT2D eigenvalue weighted by atomic mass is 16.4. The molecule has 1 unspecified atom stereocenters. The van der Waals surface area contributed by atoms with Gasteiger partial charge in [-0.3, -0.25) is 9.30 Å². The van der Waals surface area contributed by atoms with E-state index in [9.17, 15) is 9.90 Å². The molecule has 1 fully saturated rings. The number of carboxylic acids is 1. The Kier molecular flexibility index (Phi) is 3.55. The van der Waals surface area contributed by atoms with Crippen LogP contribution in [0.4, 0.5) is 5.82 Å². The maximum absolute atomic E-state index is 11.7. The second-order valence-electron chi connectivity index (χ2n) is 5.51. The van der Waals surface area contributed by atoms with Gasteiger partial charge in [-0.15, -0.1) is 0 Å². The normalized spacial score (nSPS) is 20.1. The number of aromatic carboxylic acids is 1. The van der Waals surface area contributed by atoms with Crippen LogP contribution in [-0.2, 0) is 0 Å². The van der Waals surface area contributed by atoms with Gasteiger partial charge in [0.15, 0.2) is 11.5 Å². The number of likely N-dealkylation sites (N-methyl/N-ethyl adjacent to an activating group) is 1. The van der Waals surface area contributed by atoms with Gasteiger partial charge in [-0.05, 0) is 25.6 Å². The molecule has 1 atom stereocenters. The first-order chi connectivity index (χ1) is 10.1. The van der Waals surface area contributed by atoms with Crippen molar-refractivity contribution in [2.24, 2.45) is 0 Å². The summed E-state index contributed by atoms with van der Waals surface area (Å²) in [5.74, 6) is -0.351. The molecule has 2 aromatic rings. The Bertz CT molecular complexity index is 667. The monoisotopic (exact) mass is 288 g/mol. The second kappa shape index (κ2) is 5.37. The third-order valence-corrected chi connectivity index (χ3v) is 4.26. The first-order valence-corrected chi connectivity index (χ1v) is 7.27. The second-order valence-corrected chi connectivity index (χ2v) is 5.51. The minimum Gasteiger partial charge on any atom is -0.476 e. The van der Waals surface area contributed by atoms with Crippen molar-refractivity contribution in [1.82, 2.24) is 14.3 Å². The number of hydrogen-bond donors (Lipinski definition) is 1. The number of nitrogens with zero attached hydrogens (tertiary/aromatic N) is 4. The zero-order valence-electron chi connectivity index (χ0n) is 12.4. The first-order valence-electron chi connectivity index (χ1n) is 7.27. The predicted octanol–water partition coefficient (Wildman–Crippen LogP) is 1.56. The summed E-state index contributed by atoms with van der Waals surface area (Å²) in [7, 11) is 2.12. The van der Waals surface area contributed by atoms with Crippen LogP contribution in [0.5, 0.6) is 0 Å². The van der Waals surface area contributed by atoms with Crippen LogP contribution >= 0.6 is 0 Å². The Balaban J connectivity index is 2.04. The minimum atomic E-state index is -0.935. The highest BCUT2D eigenvalue weighted by Crippen LogP contribution is 2.24. The summed E-state index contributed by atoms with van der Waals surface area (Å²) in [6, 6.07) is 5.97. The fourth-order valence-corrected chi connectivity index (χ4v) is 2.98. The predicted molar refractivity (Wildman–Crippen MR) is 81.1 cm³/mol. The minimum absolute atomic E-state index is 0.255. The number of carboxylic acid groups (broad SMARTS) is 1. The Morgan fingerprint density at radius 2 is 2.24 bits per heavy atom. The van der Waals surface area contributed by atoms with Gasteiger partial charge in [-0.1, -0.05) is 13.0 Å². The van der Waals surface area contributed by atoms with Crippen LogP contribution in [0.2, 0.25) is 0 Å². The lowest BCUT2D eigenvalue weighted by molar-refractivity contribution is 0.0689. The van der Waals surface area contributed by atoms with Gasteiger partial charge in [0.2, 0.25) is 0 Å². The number of imidazole rings is 1. The van der Waals surface area contributed by atoms with E-state index in [0.717, 1.165) is 26.1 Å². The quantitative estimate of drug-likeness (QED) is 0.929. The maximum Gasteiger partial charge on any atom is 0.356 e. The van der Waals surface area contributed by atoms with Crippen molar-refractivity contribution in [3.8, 4) is 0 Å². The highest BCUT2D eigenvalue weighted by molar-refractivity contribution is 5.93. The lowest BCUT2D eigenvalue weighted by Gasteiger charge is -2.39. The standard InChI is InChI=1S/C15H20N4O2/c1-3-11-10-18(9-8-17(11)2)14-13(15(20)21)19-7-5-4-6-12(19)16-14/h4-7,11H,3,8-10H2,1-2H3,(H,20,21). The Labute approximate surface area is 123 Å². The number of hydrogen-bond acceptors (Lipinski definition) is 4. The maximum atomic E-state index is 11.7. The van der Waals surface area contributed by atoms with Gasteiger partial charge >= 0.3 is 5.97 Å². The average molecular weight is 288 g/mol. The molecule has 0 bridgehead atoms. The molecule has 2 aromatic heterocycles. The van der Waals surface area contributed by atoms with Crippen molar-refractivity contribution in [3.63, 3.8) is 0 Å². The molecule has 1 aliphatic rings. The van der Waals surface area contributed by atoms with Crippen molar-refractivity contribution in [3.05, 3.63) is 30.1 Å². The van der Waals surface area contributed by atoms with Crippen molar-refractivity contribution in [1.29, 1.82) is 0 Å². The lowest BCUT2D eigenvalue weighted by atomic mass is 10.1. The summed E-state index contributed by atoms with van der Waals surface area (Å²) in [6.07, 6.45) is 2.80. The zero-order valence-corrected chi connectivity index (χ0v) is 12.4. The molecule has 1 saturated heterocycles. The Morgan fingerprint density at radius 1 is 1.43 bits per heavy atom. The summed E-state index contributed by atoms with van der Waals surface area (Å²) < 4.78 is 1.65. The molecule has 0 amide bonds. The lowest BCUT2D eigenvalue weighted by Crippen LogP contribution is -2.51. The fourth-order valence-electron chi connectivity index (χ4n) is 2.98. The number of anilines is 1. The van der Waals surface area contributed by atoms with Gasteiger partial charge in [0, 0.05) is 31.9 Å². The van der Waals surface area contributed by atoms with E-state index in [2.05, 4.69) is 28.8 Å². The van der Waals surface area contributed by atoms with Crippen LogP contribution in [0.3, 0.4) is 0 Å². The van der Waals surface area contributed by atoms with E-state index in [0.29, 0.717) is 17.5 Å². The average Bonchev–Trinajstić information content (AvgIpc) is 2.87. The first kappa shape index (κ1) is 13.9. The van der Waals surface area contributed by atoms with Crippen LogP contribution in [0.25, 0.3) is 5.65 Å². The summed E-state index contributed by atoms with van der Waals surface area (Å²) in [4.78, 5) is 20.6.